The van der Waals surface area contributed by atoms with E-state index in [4.69, 9.17) is 4.74 Å². The van der Waals surface area contributed by atoms with Gasteiger partial charge in [-0.25, -0.2) is 4.98 Å². The van der Waals surface area contributed by atoms with Crippen LogP contribution in [0.3, 0.4) is 0 Å². The maximum atomic E-state index is 5.22. The molecule has 0 aromatic carbocycles. The van der Waals surface area contributed by atoms with E-state index in [1.54, 1.807) is 0 Å². The first-order chi connectivity index (χ1) is 7.18. The predicted octanol–water partition coefficient (Wildman–Crippen LogP) is 0.898. The molecular formula is C11H19N3O. The van der Waals surface area contributed by atoms with Crippen molar-refractivity contribution in [2.75, 3.05) is 19.8 Å². The summed E-state index contributed by atoms with van der Waals surface area (Å²) in [5, 5.41) is 3.53. The molecule has 1 aromatic rings. The van der Waals surface area contributed by atoms with Crippen molar-refractivity contribution >= 4 is 0 Å². The van der Waals surface area contributed by atoms with E-state index in [9.17, 15) is 0 Å². The van der Waals surface area contributed by atoms with Crippen LogP contribution in [0, 0.1) is 5.41 Å². The first-order valence-electron chi connectivity index (χ1n) is 5.45. The fourth-order valence-electron chi connectivity index (χ4n) is 1.75. The lowest BCUT2D eigenvalue weighted by molar-refractivity contribution is -0.0999. The Morgan fingerprint density at radius 2 is 2.40 bits per heavy atom. The largest absolute Gasteiger partial charge is 0.380 e. The lowest BCUT2D eigenvalue weighted by atomic mass is 9.88. The monoisotopic (exact) mass is 209 g/mol. The molecule has 4 nitrogen and oxygen atoms in total. The second kappa shape index (κ2) is 4.33. The van der Waals surface area contributed by atoms with E-state index in [1.165, 1.54) is 0 Å². The summed E-state index contributed by atoms with van der Waals surface area (Å²) in [6.45, 7) is 8.23. The van der Waals surface area contributed by atoms with Gasteiger partial charge in [-0.2, -0.15) is 0 Å². The van der Waals surface area contributed by atoms with Crippen molar-refractivity contribution in [3.8, 4) is 0 Å². The van der Waals surface area contributed by atoms with Crippen LogP contribution in [0.4, 0.5) is 0 Å². The molecule has 1 atom stereocenters. The molecule has 0 spiro atoms. The summed E-state index contributed by atoms with van der Waals surface area (Å²) in [6, 6.07) is 0.469. The Morgan fingerprint density at radius 3 is 2.93 bits per heavy atom. The number of nitrogens with zero attached hydrogens (tertiary/aromatic N) is 2. The van der Waals surface area contributed by atoms with Crippen molar-refractivity contribution in [3.05, 3.63) is 18.7 Å². The van der Waals surface area contributed by atoms with Crippen molar-refractivity contribution in [2.45, 2.75) is 26.4 Å². The zero-order valence-corrected chi connectivity index (χ0v) is 9.44. The van der Waals surface area contributed by atoms with Gasteiger partial charge in [-0.05, 0) is 6.92 Å². The fourth-order valence-corrected chi connectivity index (χ4v) is 1.75. The molecule has 4 heteroatoms. The Morgan fingerprint density at radius 1 is 1.60 bits per heavy atom. The molecule has 0 radical (unpaired) electrons. The highest BCUT2D eigenvalue weighted by Gasteiger charge is 2.33. The van der Waals surface area contributed by atoms with Gasteiger partial charge < -0.3 is 14.6 Å². The van der Waals surface area contributed by atoms with Crippen LogP contribution in [0.25, 0.3) is 0 Å². The Hall–Kier alpha value is -0.870. The van der Waals surface area contributed by atoms with E-state index in [2.05, 4.69) is 28.7 Å². The van der Waals surface area contributed by atoms with Crippen LogP contribution in [-0.4, -0.2) is 35.4 Å². The molecule has 2 heterocycles. The normalized spacial score (nSPS) is 20.9. The van der Waals surface area contributed by atoms with Gasteiger partial charge in [0.1, 0.15) is 0 Å². The molecule has 0 saturated carbocycles. The number of imidazole rings is 1. The van der Waals surface area contributed by atoms with E-state index >= 15 is 0 Å². The Bertz CT molecular complexity index is 293. The quantitative estimate of drug-likeness (QED) is 0.783. The topological polar surface area (TPSA) is 39.1 Å². The van der Waals surface area contributed by atoms with Gasteiger partial charge in [-0.15, -0.1) is 0 Å². The average molecular weight is 209 g/mol. The average Bonchev–Trinajstić information content (AvgIpc) is 2.64. The summed E-state index contributed by atoms with van der Waals surface area (Å²) in [4.78, 5) is 4.03. The van der Waals surface area contributed by atoms with Crippen molar-refractivity contribution in [2.24, 2.45) is 5.41 Å². The number of aromatic nitrogens is 2. The molecule has 0 amide bonds. The molecule has 2 rings (SSSR count). The van der Waals surface area contributed by atoms with E-state index < -0.39 is 0 Å². The van der Waals surface area contributed by atoms with Crippen LogP contribution >= 0.6 is 0 Å². The lowest BCUT2D eigenvalue weighted by Crippen LogP contribution is -2.49. The molecule has 0 bridgehead atoms. The third-order valence-electron chi connectivity index (χ3n) is 2.82. The smallest absolute Gasteiger partial charge is 0.0946 e. The summed E-state index contributed by atoms with van der Waals surface area (Å²) in [5.41, 5.74) is 0.350. The zero-order chi connectivity index (χ0) is 10.7. The first-order valence-corrected chi connectivity index (χ1v) is 5.45. The van der Waals surface area contributed by atoms with Gasteiger partial charge in [0.15, 0.2) is 0 Å². The van der Waals surface area contributed by atoms with Crippen LogP contribution in [-0.2, 0) is 11.3 Å². The molecule has 1 saturated heterocycles. The van der Waals surface area contributed by atoms with E-state index in [0.717, 1.165) is 26.3 Å². The van der Waals surface area contributed by atoms with Crippen LogP contribution in [0.5, 0.6) is 0 Å². The number of ether oxygens (including phenoxy) is 1. The number of rotatable bonds is 5. The summed E-state index contributed by atoms with van der Waals surface area (Å²) >= 11 is 0. The standard InChI is InChI=1S/C11H19N3O/c1-10(5-14-4-3-12-9-14)13-6-11(2)7-15-8-11/h3-4,9-10,13H,5-8H2,1-2H3. The maximum absolute atomic E-state index is 5.22. The van der Waals surface area contributed by atoms with Gasteiger partial charge in [-0.3, -0.25) is 0 Å². The minimum atomic E-state index is 0.350. The third kappa shape index (κ3) is 2.79. The van der Waals surface area contributed by atoms with Crippen LogP contribution in [0.2, 0.25) is 0 Å². The molecule has 0 aliphatic carbocycles. The molecular weight excluding hydrogens is 190 g/mol. The van der Waals surface area contributed by atoms with E-state index in [1.807, 2.05) is 18.7 Å². The highest BCUT2D eigenvalue weighted by Crippen LogP contribution is 2.25. The highest BCUT2D eigenvalue weighted by atomic mass is 16.5. The highest BCUT2D eigenvalue weighted by molar-refractivity contribution is 4.84. The second-order valence-corrected chi connectivity index (χ2v) is 4.84. The Balaban J connectivity index is 1.70. The van der Waals surface area contributed by atoms with Gasteiger partial charge in [0.2, 0.25) is 0 Å². The molecule has 15 heavy (non-hydrogen) atoms. The lowest BCUT2D eigenvalue weighted by Gasteiger charge is -2.39. The minimum absolute atomic E-state index is 0.350. The van der Waals surface area contributed by atoms with Crippen LogP contribution in [0.15, 0.2) is 18.7 Å². The first kappa shape index (κ1) is 10.6. The van der Waals surface area contributed by atoms with Crippen molar-refractivity contribution in [1.29, 1.82) is 0 Å². The summed E-state index contributed by atoms with van der Waals surface area (Å²) in [6.07, 6.45) is 5.66. The van der Waals surface area contributed by atoms with Gasteiger partial charge in [-0.1, -0.05) is 6.92 Å². The number of nitrogens with one attached hydrogen (secondary N) is 1. The zero-order valence-electron chi connectivity index (χ0n) is 9.44. The second-order valence-electron chi connectivity index (χ2n) is 4.84. The van der Waals surface area contributed by atoms with Gasteiger partial charge in [0.05, 0.1) is 19.5 Å². The van der Waals surface area contributed by atoms with Gasteiger partial charge >= 0.3 is 0 Å². The SMILES string of the molecule is CC(Cn1ccnc1)NCC1(C)COC1. The number of hydrogen-bond donors (Lipinski definition) is 1. The molecule has 84 valence electrons. The van der Waals surface area contributed by atoms with E-state index in [-0.39, 0.29) is 0 Å². The maximum Gasteiger partial charge on any atom is 0.0946 e. The Labute approximate surface area is 90.6 Å². The molecule has 1 N–H and O–H groups in total. The Kier molecular flexibility index (Phi) is 3.07. The third-order valence-corrected chi connectivity index (χ3v) is 2.82. The van der Waals surface area contributed by atoms with Crippen molar-refractivity contribution in [3.63, 3.8) is 0 Å². The van der Waals surface area contributed by atoms with Crippen LogP contribution in [0.1, 0.15) is 13.8 Å². The van der Waals surface area contributed by atoms with Gasteiger partial charge in [0, 0.05) is 36.9 Å². The van der Waals surface area contributed by atoms with Gasteiger partial charge in [0.25, 0.3) is 0 Å². The molecule has 1 fully saturated rings. The molecule has 1 unspecified atom stereocenters. The van der Waals surface area contributed by atoms with Crippen molar-refractivity contribution in [1.82, 2.24) is 14.9 Å². The molecule has 1 aliphatic heterocycles. The summed E-state index contributed by atoms with van der Waals surface area (Å²) in [7, 11) is 0. The fraction of sp³-hybridized carbons (Fsp3) is 0.727. The predicted molar refractivity (Wildman–Crippen MR) is 58.6 cm³/mol. The minimum Gasteiger partial charge on any atom is -0.380 e. The number of hydrogen-bond acceptors (Lipinski definition) is 3. The molecule has 1 aromatic heterocycles. The van der Waals surface area contributed by atoms with Crippen LogP contribution < -0.4 is 5.32 Å². The molecule has 1 aliphatic rings. The van der Waals surface area contributed by atoms with E-state index in [0.29, 0.717) is 11.5 Å². The summed E-state index contributed by atoms with van der Waals surface area (Å²) < 4.78 is 7.32. The summed E-state index contributed by atoms with van der Waals surface area (Å²) in [5.74, 6) is 0. The van der Waals surface area contributed by atoms with Crippen molar-refractivity contribution < 1.29 is 4.74 Å².